The third-order valence-electron chi connectivity index (χ3n) is 3.65. The number of hydrogen-bond donors (Lipinski definition) is 1. The predicted octanol–water partition coefficient (Wildman–Crippen LogP) is 0.622. The van der Waals surface area contributed by atoms with E-state index in [9.17, 15) is 4.79 Å². The first-order valence-electron chi connectivity index (χ1n) is 6.27. The molecule has 4 nitrogen and oxygen atoms in total. The van der Waals surface area contributed by atoms with Crippen molar-refractivity contribution >= 4 is 5.91 Å². The van der Waals surface area contributed by atoms with Crippen molar-refractivity contribution in [3.63, 3.8) is 0 Å². The highest BCUT2D eigenvalue weighted by molar-refractivity contribution is 5.80. The van der Waals surface area contributed by atoms with Crippen molar-refractivity contribution in [1.29, 1.82) is 0 Å². The van der Waals surface area contributed by atoms with Crippen LogP contribution in [0.3, 0.4) is 0 Å². The van der Waals surface area contributed by atoms with Crippen LogP contribution in [0.2, 0.25) is 0 Å². The fourth-order valence-electron chi connectivity index (χ4n) is 2.46. The van der Waals surface area contributed by atoms with Crippen LogP contribution in [0.5, 0.6) is 0 Å². The van der Waals surface area contributed by atoms with Crippen molar-refractivity contribution in [3.8, 4) is 0 Å². The van der Waals surface area contributed by atoms with Gasteiger partial charge in [-0.15, -0.1) is 0 Å². The molecule has 1 N–H and O–H groups in total. The number of ether oxygens (including phenoxy) is 1. The lowest BCUT2D eigenvalue weighted by Crippen LogP contribution is -2.43. The highest BCUT2D eigenvalue weighted by Crippen LogP contribution is 2.30. The molecule has 0 bridgehead atoms. The lowest BCUT2D eigenvalue weighted by molar-refractivity contribution is -0.136. The molecule has 0 radical (unpaired) electrons. The molecule has 2 rings (SSSR count). The molecule has 92 valence electrons. The summed E-state index contributed by atoms with van der Waals surface area (Å²) < 4.78 is 5.08. The number of carbonyl (C=O) groups is 1. The third kappa shape index (κ3) is 2.55. The van der Waals surface area contributed by atoms with Gasteiger partial charge in [-0.05, 0) is 32.7 Å². The maximum Gasteiger partial charge on any atom is 0.227 e. The Morgan fingerprint density at radius 1 is 1.44 bits per heavy atom. The van der Waals surface area contributed by atoms with Gasteiger partial charge in [0.15, 0.2) is 0 Å². The number of carbonyl (C=O) groups excluding carboxylic acids is 1. The average molecular weight is 226 g/mol. The predicted molar refractivity (Wildman–Crippen MR) is 62.2 cm³/mol. The fraction of sp³-hybridized carbons (Fsp3) is 0.917. The molecule has 1 aliphatic carbocycles. The Hall–Kier alpha value is -0.610. The summed E-state index contributed by atoms with van der Waals surface area (Å²) in [6, 6.07) is 0.826. The lowest BCUT2D eigenvalue weighted by Gasteiger charge is -2.26. The zero-order valence-corrected chi connectivity index (χ0v) is 10.2. The van der Waals surface area contributed by atoms with E-state index in [2.05, 4.69) is 12.2 Å². The van der Waals surface area contributed by atoms with E-state index in [4.69, 9.17) is 4.74 Å². The van der Waals surface area contributed by atoms with Gasteiger partial charge in [-0.25, -0.2) is 0 Å². The van der Waals surface area contributed by atoms with Crippen molar-refractivity contribution < 1.29 is 9.53 Å². The minimum absolute atomic E-state index is 0.178. The summed E-state index contributed by atoms with van der Waals surface area (Å²) in [5.41, 5.74) is 0. The maximum atomic E-state index is 12.4. The molecule has 1 amide bonds. The first-order chi connectivity index (χ1) is 7.74. The molecule has 0 aromatic carbocycles. The number of rotatable bonds is 5. The van der Waals surface area contributed by atoms with Crippen molar-refractivity contribution in [1.82, 2.24) is 10.2 Å². The van der Waals surface area contributed by atoms with Gasteiger partial charge in [0, 0.05) is 25.7 Å². The first kappa shape index (κ1) is 11.9. The number of hydrogen-bond acceptors (Lipinski definition) is 3. The largest absolute Gasteiger partial charge is 0.383 e. The SMILES string of the molecule is COCCN(C(=O)C1CCNC1C)C1CC1. The summed E-state index contributed by atoms with van der Waals surface area (Å²) in [7, 11) is 1.69. The van der Waals surface area contributed by atoms with Gasteiger partial charge < -0.3 is 15.0 Å². The minimum Gasteiger partial charge on any atom is -0.383 e. The van der Waals surface area contributed by atoms with Crippen LogP contribution in [0.4, 0.5) is 0 Å². The van der Waals surface area contributed by atoms with E-state index in [1.54, 1.807) is 7.11 Å². The zero-order valence-electron chi connectivity index (χ0n) is 10.2. The topological polar surface area (TPSA) is 41.6 Å². The Morgan fingerprint density at radius 2 is 2.19 bits per heavy atom. The minimum atomic E-state index is 0.178. The molecule has 0 aromatic heterocycles. The maximum absolute atomic E-state index is 12.4. The molecule has 2 fully saturated rings. The first-order valence-corrected chi connectivity index (χ1v) is 6.27. The van der Waals surface area contributed by atoms with Gasteiger partial charge in [-0.1, -0.05) is 0 Å². The van der Waals surface area contributed by atoms with E-state index >= 15 is 0 Å². The molecule has 1 aliphatic heterocycles. The average Bonchev–Trinajstić information content (AvgIpc) is 3.01. The van der Waals surface area contributed by atoms with E-state index in [1.165, 1.54) is 12.8 Å². The number of amides is 1. The molecule has 1 heterocycles. The number of methoxy groups -OCH3 is 1. The second kappa shape index (κ2) is 5.15. The third-order valence-corrected chi connectivity index (χ3v) is 3.65. The zero-order chi connectivity index (χ0) is 11.5. The molecule has 2 atom stereocenters. The van der Waals surface area contributed by atoms with Crippen LogP contribution in [0, 0.1) is 5.92 Å². The Bertz CT molecular complexity index is 253. The summed E-state index contributed by atoms with van der Waals surface area (Å²) in [5.74, 6) is 0.509. The molecular formula is C12H22N2O2. The monoisotopic (exact) mass is 226 g/mol. The van der Waals surface area contributed by atoms with E-state index in [0.29, 0.717) is 24.6 Å². The highest BCUT2D eigenvalue weighted by Gasteiger charge is 2.38. The van der Waals surface area contributed by atoms with E-state index < -0.39 is 0 Å². The summed E-state index contributed by atoms with van der Waals surface area (Å²) in [6.07, 6.45) is 3.32. The smallest absolute Gasteiger partial charge is 0.227 e. The molecule has 0 spiro atoms. The normalized spacial score (nSPS) is 29.4. The second-order valence-electron chi connectivity index (χ2n) is 4.89. The van der Waals surface area contributed by atoms with Gasteiger partial charge in [0.25, 0.3) is 0 Å². The molecular weight excluding hydrogens is 204 g/mol. The van der Waals surface area contributed by atoms with Gasteiger partial charge in [0.1, 0.15) is 0 Å². The van der Waals surface area contributed by atoms with E-state index in [0.717, 1.165) is 19.5 Å². The molecule has 2 aliphatic rings. The summed E-state index contributed by atoms with van der Waals surface area (Å²) in [4.78, 5) is 14.4. The fourth-order valence-corrected chi connectivity index (χ4v) is 2.46. The Labute approximate surface area is 97.3 Å². The van der Waals surface area contributed by atoms with Crippen LogP contribution < -0.4 is 5.32 Å². The van der Waals surface area contributed by atoms with Crippen LogP contribution in [0.15, 0.2) is 0 Å². The van der Waals surface area contributed by atoms with Crippen molar-refractivity contribution in [2.45, 2.75) is 38.3 Å². The van der Waals surface area contributed by atoms with Crippen LogP contribution in [0.25, 0.3) is 0 Å². The van der Waals surface area contributed by atoms with Crippen LogP contribution >= 0.6 is 0 Å². The lowest BCUT2D eigenvalue weighted by atomic mass is 10.0. The van der Waals surface area contributed by atoms with Crippen LogP contribution in [-0.2, 0) is 9.53 Å². The van der Waals surface area contributed by atoms with Gasteiger partial charge in [-0.2, -0.15) is 0 Å². The Kier molecular flexibility index (Phi) is 3.82. The van der Waals surface area contributed by atoms with Crippen LogP contribution in [-0.4, -0.2) is 49.7 Å². The molecule has 2 unspecified atom stereocenters. The summed E-state index contributed by atoms with van der Waals surface area (Å²) in [6.45, 7) is 4.48. The summed E-state index contributed by atoms with van der Waals surface area (Å²) in [5, 5.41) is 3.34. The summed E-state index contributed by atoms with van der Waals surface area (Å²) >= 11 is 0. The Morgan fingerprint density at radius 3 is 2.69 bits per heavy atom. The molecule has 4 heteroatoms. The van der Waals surface area contributed by atoms with E-state index in [1.807, 2.05) is 4.90 Å². The number of nitrogens with zero attached hydrogens (tertiary/aromatic N) is 1. The second-order valence-corrected chi connectivity index (χ2v) is 4.89. The van der Waals surface area contributed by atoms with Crippen molar-refractivity contribution in [2.24, 2.45) is 5.92 Å². The van der Waals surface area contributed by atoms with Crippen LogP contribution in [0.1, 0.15) is 26.2 Å². The van der Waals surface area contributed by atoms with Crippen molar-refractivity contribution in [3.05, 3.63) is 0 Å². The van der Waals surface area contributed by atoms with Gasteiger partial charge >= 0.3 is 0 Å². The van der Waals surface area contributed by atoms with Gasteiger partial charge in [0.05, 0.1) is 12.5 Å². The van der Waals surface area contributed by atoms with Gasteiger partial charge in [0.2, 0.25) is 5.91 Å². The van der Waals surface area contributed by atoms with E-state index in [-0.39, 0.29) is 5.92 Å². The molecule has 1 saturated heterocycles. The molecule has 16 heavy (non-hydrogen) atoms. The standard InChI is InChI=1S/C12H22N2O2/c1-9-11(5-6-13-9)12(15)14(7-8-16-2)10-3-4-10/h9-11,13H,3-8H2,1-2H3. The van der Waals surface area contributed by atoms with Crippen molar-refractivity contribution in [2.75, 3.05) is 26.8 Å². The van der Waals surface area contributed by atoms with Gasteiger partial charge in [-0.3, -0.25) is 4.79 Å². The highest BCUT2D eigenvalue weighted by atomic mass is 16.5. The quantitative estimate of drug-likeness (QED) is 0.747. The number of nitrogens with one attached hydrogen (secondary N) is 1. The molecule has 0 aromatic rings. The Balaban J connectivity index is 1.93. The molecule has 1 saturated carbocycles.